The van der Waals surface area contributed by atoms with Gasteiger partial charge in [0.05, 0.1) is 0 Å². The summed E-state index contributed by atoms with van der Waals surface area (Å²) in [6, 6.07) is 19.2. The van der Waals surface area contributed by atoms with E-state index < -0.39 is 5.60 Å². The summed E-state index contributed by atoms with van der Waals surface area (Å²) < 4.78 is 11.8. The van der Waals surface area contributed by atoms with Crippen molar-refractivity contribution in [3.63, 3.8) is 0 Å². The van der Waals surface area contributed by atoms with E-state index in [4.69, 9.17) is 9.47 Å². The molecule has 2 aromatic carbocycles. The van der Waals surface area contributed by atoms with Gasteiger partial charge in [0.1, 0.15) is 6.61 Å². The Balaban J connectivity index is 0.00000392. The molecule has 0 aromatic heterocycles. The fraction of sp³-hybridized carbons (Fsp3) is 0.435. The maximum absolute atomic E-state index is 13.3. The van der Waals surface area contributed by atoms with Crippen LogP contribution in [-0.2, 0) is 19.9 Å². The molecule has 0 atom stereocenters. The number of nitrogens with zero attached hydrogens (tertiary/aromatic N) is 1. The van der Waals surface area contributed by atoms with E-state index in [2.05, 4.69) is 11.8 Å². The summed E-state index contributed by atoms with van der Waals surface area (Å²) in [6.45, 7) is 6.51. The summed E-state index contributed by atoms with van der Waals surface area (Å²) in [7, 11) is 2.05. The van der Waals surface area contributed by atoms with E-state index in [1.807, 2.05) is 74.6 Å². The van der Waals surface area contributed by atoms with Crippen LogP contribution in [0.15, 0.2) is 60.7 Å². The molecule has 0 saturated carbocycles. The molecule has 0 fully saturated rings. The summed E-state index contributed by atoms with van der Waals surface area (Å²) in [5.74, 6) is -0.370. The molecule has 0 N–H and O–H groups in total. The van der Waals surface area contributed by atoms with Gasteiger partial charge in [0, 0.05) is 13.2 Å². The molecule has 154 valence electrons. The minimum Gasteiger partial charge on any atom is -0.462 e. The van der Waals surface area contributed by atoms with Gasteiger partial charge in [0.15, 0.2) is 0 Å². The largest absolute Gasteiger partial charge is 0.462 e. The fourth-order valence-corrected chi connectivity index (χ4v) is 3.13. The first-order valence-electron chi connectivity index (χ1n) is 9.75. The number of rotatable bonds is 11. The maximum atomic E-state index is 13.3. The SMILES string of the molecule is CCCCN(C)CCOC(=O)C(OCC)(c1ccccc1)c1ccccc1.Cl. The zero-order valence-electron chi connectivity index (χ0n) is 17.1. The van der Waals surface area contributed by atoms with Crippen LogP contribution >= 0.6 is 12.4 Å². The van der Waals surface area contributed by atoms with Crippen molar-refractivity contribution < 1.29 is 14.3 Å². The number of carbonyl (C=O) groups is 1. The third-order valence-electron chi connectivity index (χ3n) is 4.61. The van der Waals surface area contributed by atoms with Gasteiger partial charge in [0.25, 0.3) is 0 Å². The number of esters is 1. The Hall–Kier alpha value is -1.88. The molecule has 4 nitrogen and oxygen atoms in total. The van der Waals surface area contributed by atoms with Crippen molar-refractivity contribution in [1.82, 2.24) is 4.90 Å². The number of carbonyl (C=O) groups excluding carboxylic acids is 1. The smallest absolute Gasteiger partial charge is 0.347 e. The number of likely N-dealkylation sites (N-methyl/N-ethyl adjacent to an activating group) is 1. The van der Waals surface area contributed by atoms with E-state index in [1.165, 1.54) is 0 Å². The third-order valence-corrected chi connectivity index (χ3v) is 4.61. The van der Waals surface area contributed by atoms with Crippen molar-refractivity contribution in [3.05, 3.63) is 71.8 Å². The van der Waals surface area contributed by atoms with E-state index in [1.54, 1.807) is 0 Å². The number of benzene rings is 2. The molecule has 0 spiro atoms. The van der Waals surface area contributed by atoms with Crippen LogP contribution in [0.2, 0.25) is 0 Å². The topological polar surface area (TPSA) is 38.8 Å². The number of ether oxygens (including phenoxy) is 2. The lowest BCUT2D eigenvalue weighted by atomic mass is 9.86. The monoisotopic (exact) mass is 405 g/mol. The minimum absolute atomic E-state index is 0. The first-order chi connectivity index (χ1) is 13.1. The van der Waals surface area contributed by atoms with Crippen molar-refractivity contribution in [2.45, 2.75) is 32.3 Å². The summed E-state index contributed by atoms with van der Waals surface area (Å²) in [5.41, 5.74) is 0.309. The van der Waals surface area contributed by atoms with Crippen molar-refractivity contribution in [2.24, 2.45) is 0 Å². The Morgan fingerprint density at radius 3 is 1.93 bits per heavy atom. The fourth-order valence-electron chi connectivity index (χ4n) is 3.13. The molecule has 5 heteroatoms. The van der Waals surface area contributed by atoms with E-state index in [9.17, 15) is 4.79 Å². The molecule has 0 saturated heterocycles. The Kier molecular flexibility index (Phi) is 10.8. The number of hydrogen-bond acceptors (Lipinski definition) is 4. The molecule has 0 amide bonds. The molecule has 0 heterocycles. The molecule has 0 radical (unpaired) electrons. The van der Waals surface area contributed by atoms with Gasteiger partial charge in [-0.2, -0.15) is 0 Å². The van der Waals surface area contributed by atoms with Gasteiger partial charge in [-0.25, -0.2) is 4.79 Å². The number of hydrogen-bond donors (Lipinski definition) is 0. The van der Waals surface area contributed by atoms with Crippen LogP contribution in [0.25, 0.3) is 0 Å². The third kappa shape index (κ3) is 6.06. The average molecular weight is 406 g/mol. The van der Waals surface area contributed by atoms with Gasteiger partial charge in [-0.3, -0.25) is 0 Å². The summed E-state index contributed by atoms with van der Waals surface area (Å²) in [5, 5.41) is 0. The van der Waals surface area contributed by atoms with Crippen LogP contribution in [0.1, 0.15) is 37.8 Å². The van der Waals surface area contributed by atoms with Gasteiger partial charge in [0.2, 0.25) is 5.60 Å². The number of halogens is 1. The Labute approximate surface area is 175 Å². The molecule has 2 rings (SSSR count). The van der Waals surface area contributed by atoms with Crippen molar-refractivity contribution in [1.29, 1.82) is 0 Å². The average Bonchev–Trinajstić information content (AvgIpc) is 2.71. The molecule has 28 heavy (non-hydrogen) atoms. The Morgan fingerprint density at radius 1 is 0.929 bits per heavy atom. The predicted molar refractivity (Wildman–Crippen MR) is 116 cm³/mol. The van der Waals surface area contributed by atoms with Gasteiger partial charge in [-0.15, -0.1) is 12.4 Å². The lowest BCUT2D eigenvalue weighted by Gasteiger charge is -2.32. The summed E-state index contributed by atoms with van der Waals surface area (Å²) in [4.78, 5) is 15.5. The lowest BCUT2D eigenvalue weighted by Crippen LogP contribution is -2.42. The Bertz CT molecular complexity index is 639. The predicted octanol–water partition coefficient (Wildman–Crippen LogP) is 4.66. The van der Waals surface area contributed by atoms with Crippen molar-refractivity contribution in [3.8, 4) is 0 Å². The normalized spacial score (nSPS) is 11.1. The minimum atomic E-state index is -1.25. The highest BCUT2D eigenvalue weighted by molar-refractivity contribution is 5.86. The van der Waals surface area contributed by atoms with E-state index in [0.717, 1.165) is 30.5 Å². The lowest BCUT2D eigenvalue weighted by molar-refractivity contribution is -0.168. The standard InChI is InChI=1S/C23H31NO3.ClH/c1-4-6-17-24(3)18-19-26-22(25)23(27-5-2,20-13-9-7-10-14-20)21-15-11-8-12-16-21;/h7-16H,4-6,17-19H2,1-3H3;1H. The first kappa shape index (κ1) is 24.2. The molecule has 0 aliphatic carbocycles. The molecule has 0 aliphatic heterocycles. The molecule has 0 aliphatic rings. The second kappa shape index (κ2) is 12.6. The van der Waals surface area contributed by atoms with E-state index in [-0.39, 0.29) is 18.4 Å². The van der Waals surface area contributed by atoms with E-state index >= 15 is 0 Å². The van der Waals surface area contributed by atoms with Gasteiger partial charge in [-0.1, -0.05) is 74.0 Å². The van der Waals surface area contributed by atoms with Crippen LogP contribution in [0.3, 0.4) is 0 Å². The summed E-state index contributed by atoms with van der Waals surface area (Å²) >= 11 is 0. The molecule has 2 aromatic rings. The highest BCUT2D eigenvalue weighted by Gasteiger charge is 2.44. The van der Waals surface area contributed by atoms with Crippen LogP contribution < -0.4 is 0 Å². The number of unbranched alkanes of at least 4 members (excludes halogenated alkanes) is 1. The van der Waals surface area contributed by atoms with Gasteiger partial charge >= 0.3 is 5.97 Å². The molecular formula is C23H32ClNO3. The second-order valence-corrected chi connectivity index (χ2v) is 6.64. The van der Waals surface area contributed by atoms with Crippen LogP contribution in [-0.4, -0.2) is 44.2 Å². The van der Waals surface area contributed by atoms with Crippen molar-refractivity contribution in [2.75, 3.05) is 33.4 Å². The van der Waals surface area contributed by atoms with Crippen LogP contribution in [0, 0.1) is 0 Å². The Morgan fingerprint density at radius 2 is 1.46 bits per heavy atom. The maximum Gasteiger partial charge on any atom is 0.347 e. The van der Waals surface area contributed by atoms with Crippen LogP contribution in [0.4, 0.5) is 0 Å². The molecule has 0 bridgehead atoms. The van der Waals surface area contributed by atoms with E-state index in [0.29, 0.717) is 19.8 Å². The zero-order valence-corrected chi connectivity index (χ0v) is 17.9. The zero-order chi connectivity index (χ0) is 19.5. The molecule has 0 unspecified atom stereocenters. The highest BCUT2D eigenvalue weighted by atomic mass is 35.5. The van der Waals surface area contributed by atoms with Crippen LogP contribution in [0.5, 0.6) is 0 Å². The highest BCUT2D eigenvalue weighted by Crippen LogP contribution is 2.35. The molecular weight excluding hydrogens is 374 g/mol. The van der Waals surface area contributed by atoms with Gasteiger partial charge < -0.3 is 14.4 Å². The van der Waals surface area contributed by atoms with Gasteiger partial charge in [-0.05, 0) is 38.1 Å². The summed E-state index contributed by atoms with van der Waals surface area (Å²) in [6.07, 6.45) is 2.29. The second-order valence-electron chi connectivity index (χ2n) is 6.64. The quantitative estimate of drug-likeness (QED) is 0.509. The first-order valence-corrected chi connectivity index (χ1v) is 9.75. The van der Waals surface area contributed by atoms with Crippen molar-refractivity contribution >= 4 is 18.4 Å².